The van der Waals surface area contributed by atoms with Crippen molar-refractivity contribution in [1.29, 1.82) is 0 Å². The molecule has 1 heterocycles. The molecule has 0 aromatic carbocycles. The lowest BCUT2D eigenvalue weighted by atomic mass is 10.2. The van der Waals surface area contributed by atoms with Gasteiger partial charge in [-0.25, -0.2) is 0 Å². The fourth-order valence-corrected chi connectivity index (χ4v) is 1.94. The first-order valence-corrected chi connectivity index (χ1v) is 4.46. The summed E-state index contributed by atoms with van der Waals surface area (Å²) in [4.78, 5) is 2.61. The molecular formula is C9H13NS. The van der Waals surface area contributed by atoms with E-state index in [9.17, 15) is 0 Å². The van der Waals surface area contributed by atoms with Crippen LogP contribution in [0.25, 0.3) is 0 Å². The lowest BCUT2D eigenvalue weighted by Gasteiger charge is -1.92. The Kier molecular flexibility index (Phi) is 2.85. The van der Waals surface area contributed by atoms with Crippen LogP contribution < -0.4 is 5.73 Å². The first kappa shape index (κ1) is 8.50. The van der Waals surface area contributed by atoms with Gasteiger partial charge >= 0.3 is 0 Å². The highest BCUT2D eigenvalue weighted by atomic mass is 32.1. The molecule has 1 aromatic heterocycles. The molecule has 11 heavy (non-hydrogen) atoms. The normalized spacial score (nSPS) is 10.0. The summed E-state index contributed by atoms with van der Waals surface area (Å²) in [5.74, 6) is 0. The van der Waals surface area contributed by atoms with E-state index < -0.39 is 0 Å². The van der Waals surface area contributed by atoms with Crippen LogP contribution in [0.15, 0.2) is 24.3 Å². The van der Waals surface area contributed by atoms with Gasteiger partial charge < -0.3 is 5.73 Å². The molecule has 0 spiro atoms. The minimum Gasteiger partial charge on any atom is -0.326 e. The van der Waals surface area contributed by atoms with E-state index in [1.807, 2.05) is 6.92 Å². The van der Waals surface area contributed by atoms with Crippen molar-refractivity contribution in [2.45, 2.75) is 19.9 Å². The van der Waals surface area contributed by atoms with Crippen LogP contribution in [0.3, 0.4) is 0 Å². The van der Waals surface area contributed by atoms with E-state index in [4.69, 9.17) is 5.73 Å². The second-order valence-corrected chi connectivity index (χ2v) is 3.96. The number of rotatable bonds is 3. The molecule has 0 saturated carbocycles. The molecule has 2 heteroatoms. The molecule has 1 nitrogen and oxygen atoms in total. The molecule has 0 aliphatic heterocycles. The molecule has 0 unspecified atom stereocenters. The summed E-state index contributed by atoms with van der Waals surface area (Å²) in [6.07, 6.45) is 0.991. The van der Waals surface area contributed by atoms with E-state index in [2.05, 4.69) is 18.7 Å². The summed E-state index contributed by atoms with van der Waals surface area (Å²) in [5.41, 5.74) is 6.69. The van der Waals surface area contributed by atoms with Crippen molar-refractivity contribution in [2.75, 3.05) is 0 Å². The first-order valence-electron chi connectivity index (χ1n) is 3.64. The Morgan fingerprint density at radius 3 is 2.64 bits per heavy atom. The Bertz CT molecular complexity index is 250. The number of hydrogen-bond acceptors (Lipinski definition) is 2. The maximum Gasteiger partial charge on any atom is 0.0273 e. The van der Waals surface area contributed by atoms with Gasteiger partial charge in [0.2, 0.25) is 0 Å². The summed E-state index contributed by atoms with van der Waals surface area (Å²) in [6, 6.07) is 4.21. The maximum atomic E-state index is 5.48. The standard InChI is InChI=1S/C9H13NS/c1-7(2)5-8-3-4-9(6-10)11-8/h3-4H,1,5-6,10H2,2H3. The molecule has 1 rings (SSSR count). The number of nitrogens with two attached hydrogens (primary N) is 1. The van der Waals surface area contributed by atoms with Gasteiger partial charge in [-0.1, -0.05) is 12.2 Å². The van der Waals surface area contributed by atoms with Crippen molar-refractivity contribution in [3.8, 4) is 0 Å². The topological polar surface area (TPSA) is 26.0 Å². The van der Waals surface area contributed by atoms with Gasteiger partial charge in [-0.15, -0.1) is 11.3 Å². The first-order chi connectivity index (χ1) is 5.22. The molecule has 0 saturated heterocycles. The quantitative estimate of drug-likeness (QED) is 0.687. The fraction of sp³-hybridized carbons (Fsp3) is 0.333. The third-order valence-electron chi connectivity index (χ3n) is 1.39. The van der Waals surface area contributed by atoms with E-state index in [-0.39, 0.29) is 0 Å². The zero-order valence-corrected chi connectivity index (χ0v) is 7.58. The SMILES string of the molecule is C=C(C)Cc1ccc(CN)s1. The predicted molar refractivity (Wildman–Crippen MR) is 50.7 cm³/mol. The minimum absolute atomic E-state index is 0.654. The van der Waals surface area contributed by atoms with Crippen molar-refractivity contribution in [1.82, 2.24) is 0 Å². The summed E-state index contributed by atoms with van der Waals surface area (Å²) in [7, 11) is 0. The molecule has 0 aliphatic carbocycles. The Balaban J connectivity index is 2.65. The van der Waals surface area contributed by atoms with Crippen LogP contribution in [0.5, 0.6) is 0 Å². The highest BCUT2D eigenvalue weighted by Crippen LogP contribution is 2.18. The third-order valence-corrected chi connectivity index (χ3v) is 2.50. The van der Waals surface area contributed by atoms with Crippen molar-refractivity contribution in [3.63, 3.8) is 0 Å². The Morgan fingerprint density at radius 1 is 1.55 bits per heavy atom. The lowest BCUT2D eigenvalue weighted by molar-refractivity contribution is 1.11. The molecule has 0 radical (unpaired) electrons. The second-order valence-electron chi connectivity index (χ2n) is 2.71. The summed E-state index contributed by atoms with van der Waals surface area (Å²) < 4.78 is 0. The minimum atomic E-state index is 0.654. The Morgan fingerprint density at radius 2 is 2.18 bits per heavy atom. The summed E-state index contributed by atoms with van der Waals surface area (Å²) in [5, 5.41) is 0. The molecule has 60 valence electrons. The summed E-state index contributed by atoms with van der Waals surface area (Å²) >= 11 is 1.78. The number of thiophene rings is 1. The average Bonchev–Trinajstić information content (AvgIpc) is 2.34. The lowest BCUT2D eigenvalue weighted by Crippen LogP contribution is -1.91. The van der Waals surface area contributed by atoms with Crippen LogP contribution in [-0.4, -0.2) is 0 Å². The average molecular weight is 167 g/mol. The zero-order valence-electron chi connectivity index (χ0n) is 6.76. The van der Waals surface area contributed by atoms with E-state index in [0.29, 0.717) is 6.54 Å². The fourth-order valence-electron chi connectivity index (χ4n) is 0.924. The van der Waals surface area contributed by atoms with Crippen LogP contribution in [0.1, 0.15) is 16.7 Å². The van der Waals surface area contributed by atoms with Gasteiger partial charge in [0.25, 0.3) is 0 Å². The molecule has 0 amide bonds. The number of hydrogen-bond donors (Lipinski definition) is 1. The van der Waals surface area contributed by atoms with Gasteiger partial charge in [-0.3, -0.25) is 0 Å². The Labute approximate surface area is 71.5 Å². The van der Waals surface area contributed by atoms with E-state index >= 15 is 0 Å². The monoisotopic (exact) mass is 167 g/mol. The summed E-state index contributed by atoms with van der Waals surface area (Å²) in [6.45, 7) is 6.56. The van der Waals surface area contributed by atoms with Gasteiger partial charge in [0, 0.05) is 22.7 Å². The molecule has 0 atom stereocenters. The van der Waals surface area contributed by atoms with E-state index in [1.54, 1.807) is 11.3 Å². The van der Waals surface area contributed by atoms with Crippen LogP contribution in [0.4, 0.5) is 0 Å². The zero-order chi connectivity index (χ0) is 8.27. The highest BCUT2D eigenvalue weighted by Gasteiger charge is 1.97. The van der Waals surface area contributed by atoms with Gasteiger partial charge in [0.15, 0.2) is 0 Å². The Hall–Kier alpha value is -0.600. The highest BCUT2D eigenvalue weighted by molar-refractivity contribution is 7.12. The van der Waals surface area contributed by atoms with Crippen LogP contribution >= 0.6 is 11.3 Å². The molecule has 0 bridgehead atoms. The van der Waals surface area contributed by atoms with Crippen LogP contribution in [0, 0.1) is 0 Å². The van der Waals surface area contributed by atoms with Crippen molar-refractivity contribution in [3.05, 3.63) is 34.0 Å². The smallest absolute Gasteiger partial charge is 0.0273 e. The molecule has 2 N–H and O–H groups in total. The van der Waals surface area contributed by atoms with Crippen molar-refractivity contribution < 1.29 is 0 Å². The third kappa shape index (κ3) is 2.48. The van der Waals surface area contributed by atoms with Crippen LogP contribution in [-0.2, 0) is 13.0 Å². The van der Waals surface area contributed by atoms with E-state index in [0.717, 1.165) is 6.42 Å². The predicted octanol–water partition coefficient (Wildman–Crippen LogP) is 2.33. The van der Waals surface area contributed by atoms with Crippen molar-refractivity contribution >= 4 is 11.3 Å². The molecule has 1 aromatic rings. The largest absolute Gasteiger partial charge is 0.326 e. The number of allylic oxidation sites excluding steroid dienone is 1. The second kappa shape index (κ2) is 3.69. The molecule has 0 aliphatic rings. The van der Waals surface area contributed by atoms with Gasteiger partial charge in [0.1, 0.15) is 0 Å². The maximum absolute atomic E-state index is 5.48. The van der Waals surface area contributed by atoms with Gasteiger partial charge in [0.05, 0.1) is 0 Å². The van der Waals surface area contributed by atoms with E-state index in [1.165, 1.54) is 15.3 Å². The molecule has 0 fully saturated rings. The molecular weight excluding hydrogens is 154 g/mol. The van der Waals surface area contributed by atoms with Crippen molar-refractivity contribution in [2.24, 2.45) is 5.73 Å². The van der Waals surface area contributed by atoms with Gasteiger partial charge in [-0.05, 0) is 19.1 Å². The van der Waals surface area contributed by atoms with Gasteiger partial charge in [-0.2, -0.15) is 0 Å². The van der Waals surface area contributed by atoms with Crippen LogP contribution in [0.2, 0.25) is 0 Å².